The summed E-state index contributed by atoms with van der Waals surface area (Å²) in [6.45, 7) is 4.84. The summed E-state index contributed by atoms with van der Waals surface area (Å²) in [6, 6.07) is 13.2. The third kappa shape index (κ3) is 4.81. The fraction of sp³-hybridized carbons (Fsp3) is 0.250. The average Bonchev–Trinajstić information content (AvgIpc) is 2.47. The Morgan fingerprint density at radius 1 is 1.00 bits per heavy atom. The Hall–Kier alpha value is -1.43. The van der Waals surface area contributed by atoms with Crippen LogP contribution in [0.2, 0.25) is 0 Å². The first-order valence-corrected chi connectivity index (χ1v) is 7.84. The van der Waals surface area contributed by atoms with Gasteiger partial charge in [0.05, 0.1) is 6.61 Å². The SMILES string of the molecule is Cc1ccc(SCCOc2ccc(B(O)O)cc2)cc1C. The van der Waals surface area contributed by atoms with Crippen LogP contribution in [-0.2, 0) is 0 Å². The number of hydrogen-bond acceptors (Lipinski definition) is 4. The Kier molecular flexibility index (Phi) is 5.73. The normalized spacial score (nSPS) is 10.5. The molecule has 0 unspecified atom stereocenters. The topological polar surface area (TPSA) is 49.7 Å². The van der Waals surface area contributed by atoms with E-state index in [4.69, 9.17) is 14.8 Å². The monoisotopic (exact) mass is 302 g/mol. The zero-order chi connectivity index (χ0) is 15.2. The van der Waals surface area contributed by atoms with Crippen LogP contribution < -0.4 is 10.2 Å². The van der Waals surface area contributed by atoms with Gasteiger partial charge in [0.1, 0.15) is 5.75 Å². The van der Waals surface area contributed by atoms with Crippen molar-refractivity contribution >= 4 is 24.3 Å². The quantitative estimate of drug-likeness (QED) is 0.488. The molecule has 110 valence electrons. The van der Waals surface area contributed by atoms with Crippen LogP contribution in [0.5, 0.6) is 5.75 Å². The first kappa shape index (κ1) is 16.0. The van der Waals surface area contributed by atoms with Crippen LogP contribution in [-0.4, -0.2) is 29.5 Å². The predicted octanol–water partition coefficient (Wildman–Crippen LogP) is 2.15. The Morgan fingerprint density at radius 2 is 1.71 bits per heavy atom. The van der Waals surface area contributed by atoms with E-state index in [1.165, 1.54) is 16.0 Å². The fourth-order valence-electron chi connectivity index (χ4n) is 1.86. The smallest absolute Gasteiger partial charge is 0.488 e. The Morgan fingerprint density at radius 3 is 2.33 bits per heavy atom. The molecule has 0 aliphatic rings. The molecule has 0 spiro atoms. The number of rotatable bonds is 6. The van der Waals surface area contributed by atoms with E-state index < -0.39 is 7.12 Å². The van der Waals surface area contributed by atoms with Crippen molar-refractivity contribution in [2.75, 3.05) is 12.4 Å². The van der Waals surface area contributed by atoms with E-state index in [0.717, 1.165) is 11.5 Å². The van der Waals surface area contributed by atoms with Crippen molar-refractivity contribution in [1.82, 2.24) is 0 Å². The lowest BCUT2D eigenvalue weighted by molar-refractivity contribution is 0.344. The van der Waals surface area contributed by atoms with E-state index in [0.29, 0.717) is 12.1 Å². The number of ether oxygens (including phenoxy) is 1. The molecule has 2 N–H and O–H groups in total. The molecule has 2 rings (SSSR count). The first-order valence-electron chi connectivity index (χ1n) is 6.85. The van der Waals surface area contributed by atoms with E-state index in [1.54, 1.807) is 36.0 Å². The third-order valence-corrected chi connectivity index (χ3v) is 4.24. The van der Waals surface area contributed by atoms with Crippen molar-refractivity contribution < 1.29 is 14.8 Å². The van der Waals surface area contributed by atoms with Crippen LogP contribution in [0.15, 0.2) is 47.4 Å². The summed E-state index contributed by atoms with van der Waals surface area (Å²) in [5.74, 6) is 1.60. The van der Waals surface area contributed by atoms with Gasteiger partial charge in [-0.15, -0.1) is 11.8 Å². The van der Waals surface area contributed by atoms with Gasteiger partial charge in [-0.3, -0.25) is 0 Å². The number of benzene rings is 2. The summed E-state index contributed by atoms with van der Waals surface area (Å²) in [5.41, 5.74) is 3.08. The molecular weight excluding hydrogens is 283 g/mol. The van der Waals surface area contributed by atoms with Crippen LogP contribution >= 0.6 is 11.8 Å². The third-order valence-electron chi connectivity index (χ3n) is 3.28. The molecule has 0 saturated carbocycles. The Labute approximate surface area is 130 Å². The molecule has 0 aromatic heterocycles. The van der Waals surface area contributed by atoms with E-state index >= 15 is 0 Å². The van der Waals surface area contributed by atoms with Crippen LogP contribution in [0, 0.1) is 13.8 Å². The van der Waals surface area contributed by atoms with E-state index in [1.807, 2.05) is 0 Å². The molecular formula is C16H19BO3S. The van der Waals surface area contributed by atoms with Gasteiger partial charge in [-0.25, -0.2) is 0 Å². The van der Waals surface area contributed by atoms with E-state index in [2.05, 4.69) is 32.0 Å². The molecule has 0 aliphatic heterocycles. The summed E-state index contributed by atoms with van der Waals surface area (Å²) in [5, 5.41) is 18.0. The average molecular weight is 302 g/mol. The van der Waals surface area contributed by atoms with Crippen molar-refractivity contribution in [2.45, 2.75) is 18.7 Å². The second kappa shape index (κ2) is 7.55. The van der Waals surface area contributed by atoms with Gasteiger partial charge in [0.25, 0.3) is 0 Å². The van der Waals surface area contributed by atoms with Gasteiger partial charge in [-0.2, -0.15) is 0 Å². The van der Waals surface area contributed by atoms with Crippen LogP contribution in [0.4, 0.5) is 0 Å². The lowest BCUT2D eigenvalue weighted by Gasteiger charge is -2.08. The lowest BCUT2D eigenvalue weighted by Crippen LogP contribution is -2.29. The van der Waals surface area contributed by atoms with Gasteiger partial charge < -0.3 is 14.8 Å². The van der Waals surface area contributed by atoms with Crippen LogP contribution in [0.1, 0.15) is 11.1 Å². The molecule has 0 aliphatic carbocycles. The minimum atomic E-state index is -1.43. The largest absolute Gasteiger partial charge is 0.493 e. The zero-order valence-electron chi connectivity index (χ0n) is 12.2. The van der Waals surface area contributed by atoms with Crippen molar-refractivity contribution in [3.05, 3.63) is 53.6 Å². The maximum Gasteiger partial charge on any atom is 0.488 e. The van der Waals surface area contributed by atoms with E-state index in [-0.39, 0.29) is 0 Å². The summed E-state index contributed by atoms with van der Waals surface area (Å²) >= 11 is 1.77. The molecule has 2 aromatic rings. The highest BCUT2D eigenvalue weighted by Gasteiger charge is 2.09. The number of thioether (sulfide) groups is 1. The summed E-state index contributed by atoms with van der Waals surface area (Å²) < 4.78 is 5.63. The molecule has 0 amide bonds. The molecule has 0 atom stereocenters. The summed E-state index contributed by atoms with van der Waals surface area (Å²) in [7, 11) is -1.43. The van der Waals surface area contributed by atoms with Crippen molar-refractivity contribution in [2.24, 2.45) is 0 Å². The Bertz CT molecular complexity index is 585. The second-order valence-electron chi connectivity index (χ2n) is 4.89. The standard InChI is InChI=1S/C16H19BO3S/c1-12-3-8-16(11-13(12)2)21-10-9-20-15-6-4-14(5-7-15)17(18)19/h3-8,11,18-19H,9-10H2,1-2H3. The minimum absolute atomic E-state index is 0.465. The van der Waals surface area contributed by atoms with Gasteiger partial charge in [-0.05, 0) is 54.7 Å². The van der Waals surface area contributed by atoms with Crippen molar-refractivity contribution in [3.8, 4) is 5.75 Å². The maximum absolute atomic E-state index is 9.01. The highest BCUT2D eigenvalue weighted by atomic mass is 32.2. The predicted molar refractivity (Wildman–Crippen MR) is 88.4 cm³/mol. The molecule has 2 aromatic carbocycles. The van der Waals surface area contributed by atoms with Crippen LogP contribution in [0.25, 0.3) is 0 Å². The molecule has 0 heterocycles. The zero-order valence-corrected chi connectivity index (χ0v) is 13.1. The van der Waals surface area contributed by atoms with Gasteiger partial charge in [0, 0.05) is 10.6 Å². The van der Waals surface area contributed by atoms with Crippen molar-refractivity contribution in [1.29, 1.82) is 0 Å². The van der Waals surface area contributed by atoms with Crippen LogP contribution in [0.3, 0.4) is 0 Å². The fourth-order valence-corrected chi connectivity index (χ4v) is 2.69. The van der Waals surface area contributed by atoms with Gasteiger partial charge in [0.15, 0.2) is 0 Å². The summed E-state index contributed by atoms with van der Waals surface area (Å²) in [6.07, 6.45) is 0. The lowest BCUT2D eigenvalue weighted by atomic mass is 9.80. The molecule has 5 heteroatoms. The summed E-state index contributed by atoms with van der Waals surface area (Å²) in [4.78, 5) is 1.25. The molecule has 3 nitrogen and oxygen atoms in total. The molecule has 0 bridgehead atoms. The second-order valence-corrected chi connectivity index (χ2v) is 6.05. The molecule has 21 heavy (non-hydrogen) atoms. The highest BCUT2D eigenvalue weighted by Crippen LogP contribution is 2.21. The van der Waals surface area contributed by atoms with E-state index in [9.17, 15) is 0 Å². The minimum Gasteiger partial charge on any atom is -0.493 e. The first-order chi connectivity index (χ1) is 10.1. The van der Waals surface area contributed by atoms with Gasteiger partial charge in [-0.1, -0.05) is 18.2 Å². The number of aryl methyl sites for hydroxylation is 2. The molecule has 0 saturated heterocycles. The van der Waals surface area contributed by atoms with Crippen molar-refractivity contribution in [3.63, 3.8) is 0 Å². The Balaban J connectivity index is 1.77. The molecule has 0 radical (unpaired) electrons. The maximum atomic E-state index is 9.01. The highest BCUT2D eigenvalue weighted by molar-refractivity contribution is 7.99. The molecule has 0 fully saturated rings. The van der Waals surface area contributed by atoms with Gasteiger partial charge >= 0.3 is 7.12 Å². The van der Waals surface area contributed by atoms with Gasteiger partial charge in [0.2, 0.25) is 0 Å². The number of hydrogen-bond donors (Lipinski definition) is 2.